The summed E-state index contributed by atoms with van der Waals surface area (Å²) in [4.78, 5) is 3.96. The second-order valence-electron chi connectivity index (χ2n) is 3.67. The Kier molecular flexibility index (Phi) is 3.62. The number of rotatable bonds is 4. The lowest BCUT2D eigenvalue weighted by atomic mass is 10.1. The standard InChI is InChI=1S/C12H14N4O/c1-17-12-3-2-11(15-16-12)10(13)8-9-4-6-14-7-5-9/h2-7,10H,8,13H2,1H3. The van der Waals surface area contributed by atoms with Crippen LogP contribution in [-0.4, -0.2) is 22.3 Å². The Morgan fingerprint density at radius 3 is 2.53 bits per heavy atom. The van der Waals surface area contributed by atoms with E-state index in [1.165, 1.54) is 0 Å². The number of hydrogen-bond donors (Lipinski definition) is 1. The molecule has 0 aliphatic rings. The van der Waals surface area contributed by atoms with Crippen molar-refractivity contribution in [2.45, 2.75) is 12.5 Å². The molecular weight excluding hydrogens is 216 g/mol. The Hall–Kier alpha value is -2.01. The molecular formula is C12H14N4O. The molecule has 0 fully saturated rings. The summed E-state index contributed by atoms with van der Waals surface area (Å²) in [6, 6.07) is 7.30. The highest BCUT2D eigenvalue weighted by Gasteiger charge is 2.09. The van der Waals surface area contributed by atoms with Crippen molar-refractivity contribution < 1.29 is 4.74 Å². The minimum Gasteiger partial charge on any atom is -0.480 e. The number of hydrogen-bond acceptors (Lipinski definition) is 5. The van der Waals surface area contributed by atoms with Crippen LogP contribution < -0.4 is 10.5 Å². The van der Waals surface area contributed by atoms with Gasteiger partial charge in [-0.05, 0) is 30.2 Å². The molecule has 0 spiro atoms. The lowest BCUT2D eigenvalue weighted by Crippen LogP contribution is -2.15. The van der Waals surface area contributed by atoms with E-state index in [9.17, 15) is 0 Å². The van der Waals surface area contributed by atoms with Crippen LogP contribution in [0.25, 0.3) is 0 Å². The predicted octanol–water partition coefficient (Wildman–Crippen LogP) is 1.12. The largest absolute Gasteiger partial charge is 0.480 e. The maximum absolute atomic E-state index is 6.05. The molecule has 1 unspecified atom stereocenters. The number of nitrogens with two attached hydrogens (primary N) is 1. The maximum atomic E-state index is 6.05. The molecule has 2 heterocycles. The highest BCUT2D eigenvalue weighted by atomic mass is 16.5. The summed E-state index contributed by atoms with van der Waals surface area (Å²) in [6.45, 7) is 0. The lowest BCUT2D eigenvalue weighted by Gasteiger charge is -2.10. The van der Waals surface area contributed by atoms with E-state index in [1.807, 2.05) is 18.2 Å². The van der Waals surface area contributed by atoms with Gasteiger partial charge in [0.25, 0.3) is 0 Å². The van der Waals surface area contributed by atoms with Crippen molar-refractivity contribution in [3.05, 3.63) is 47.9 Å². The van der Waals surface area contributed by atoms with Gasteiger partial charge in [0, 0.05) is 18.5 Å². The molecule has 0 aromatic carbocycles. The first-order chi connectivity index (χ1) is 8.29. The lowest BCUT2D eigenvalue weighted by molar-refractivity contribution is 0.390. The van der Waals surface area contributed by atoms with Crippen LogP contribution in [0.2, 0.25) is 0 Å². The molecule has 88 valence electrons. The SMILES string of the molecule is COc1ccc(C(N)Cc2ccncc2)nn1. The van der Waals surface area contributed by atoms with Crippen molar-refractivity contribution in [2.75, 3.05) is 7.11 Å². The molecule has 0 bridgehead atoms. The van der Waals surface area contributed by atoms with Crippen molar-refractivity contribution in [3.63, 3.8) is 0 Å². The fourth-order valence-corrected chi connectivity index (χ4v) is 1.51. The number of pyridine rings is 1. The third-order valence-electron chi connectivity index (χ3n) is 2.45. The predicted molar refractivity (Wildman–Crippen MR) is 63.5 cm³/mol. The van der Waals surface area contributed by atoms with Crippen LogP contribution >= 0.6 is 0 Å². The summed E-state index contributed by atoms with van der Waals surface area (Å²) in [5.41, 5.74) is 7.94. The molecule has 0 saturated carbocycles. The van der Waals surface area contributed by atoms with Gasteiger partial charge in [0.1, 0.15) is 0 Å². The second-order valence-corrected chi connectivity index (χ2v) is 3.67. The number of aromatic nitrogens is 3. The summed E-state index contributed by atoms with van der Waals surface area (Å²) in [7, 11) is 1.56. The summed E-state index contributed by atoms with van der Waals surface area (Å²) in [5, 5.41) is 7.93. The van der Waals surface area contributed by atoms with E-state index >= 15 is 0 Å². The molecule has 2 aromatic rings. The topological polar surface area (TPSA) is 73.9 Å². The number of methoxy groups -OCH3 is 1. The molecule has 2 aromatic heterocycles. The molecule has 2 rings (SSSR count). The maximum Gasteiger partial charge on any atom is 0.233 e. The third kappa shape index (κ3) is 2.98. The van der Waals surface area contributed by atoms with Crippen LogP contribution in [0.5, 0.6) is 5.88 Å². The average Bonchev–Trinajstić information content (AvgIpc) is 2.40. The highest BCUT2D eigenvalue weighted by molar-refractivity contribution is 5.18. The normalized spacial score (nSPS) is 12.1. The smallest absolute Gasteiger partial charge is 0.233 e. The molecule has 0 radical (unpaired) electrons. The minimum absolute atomic E-state index is 0.171. The Balaban J connectivity index is 2.06. The Morgan fingerprint density at radius 1 is 1.18 bits per heavy atom. The van der Waals surface area contributed by atoms with E-state index in [0.29, 0.717) is 12.3 Å². The van der Waals surface area contributed by atoms with Crippen molar-refractivity contribution in [3.8, 4) is 5.88 Å². The quantitative estimate of drug-likeness (QED) is 0.852. The minimum atomic E-state index is -0.171. The van der Waals surface area contributed by atoms with E-state index in [0.717, 1.165) is 11.3 Å². The highest BCUT2D eigenvalue weighted by Crippen LogP contribution is 2.14. The summed E-state index contributed by atoms with van der Waals surface area (Å²) in [6.07, 6.45) is 4.22. The molecule has 5 heteroatoms. The zero-order chi connectivity index (χ0) is 12.1. The Bertz CT molecular complexity index is 458. The van der Waals surface area contributed by atoms with Gasteiger partial charge in [0.2, 0.25) is 5.88 Å². The van der Waals surface area contributed by atoms with E-state index < -0.39 is 0 Å². The van der Waals surface area contributed by atoms with Crippen molar-refractivity contribution in [1.82, 2.24) is 15.2 Å². The summed E-state index contributed by atoms with van der Waals surface area (Å²) in [5.74, 6) is 0.491. The van der Waals surface area contributed by atoms with E-state index in [2.05, 4.69) is 15.2 Å². The molecule has 0 saturated heterocycles. The van der Waals surface area contributed by atoms with Gasteiger partial charge in [-0.15, -0.1) is 5.10 Å². The fraction of sp³-hybridized carbons (Fsp3) is 0.250. The first-order valence-electron chi connectivity index (χ1n) is 5.31. The van der Waals surface area contributed by atoms with Crippen LogP contribution in [0.15, 0.2) is 36.7 Å². The molecule has 0 aliphatic carbocycles. The van der Waals surface area contributed by atoms with Gasteiger partial charge in [0.05, 0.1) is 18.8 Å². The van der Waals surface area contributed by atoms with Gasteiger partial charge < -0.3 is 10.5 Å². The molecule has 17 heavy (non-hydrogen) atoms. The average molecular weight is 230 g/mol. The molecule has 0 amide bonds. The molecule has 2 N–H and O–H groups in total. The number of nitrogens with zero attached hydrogens (tertiary/aromatic N) is 3. The van der Waals surface area contributed by atoms with Crippen molar-refractivity contribution in [1.29, 1.82) is 0 Å². The summed E-state index contributed by atoms with van der Waals surface area (Å²) >= 11 is 0. The zero-order valence-electron chi connectivity index (χ0n) is 9.58. The van der Waals surface area contributed by atoms with Crippen LogP contribution in [0.1, 0.15) is 17.3 Å². The van der Waals surface area contributed by atoms with Gasteiger partial charge in [-0.2, -0.15) is 5.10 Å². The van der Waals surface area contributed by atoms with Crippen LogP contribution in [0.4, 0.5) is 0 Å². The van der Waals surface area contributed by atoms with Gasteiger partial charge in [0.15, 0.2) is 0 Å². The van der Waals surface area contributed by atoms with Crippen molar-refractivity contribution in [2.24, 2.45) is 5.73 Å². The van der Waals surface area contributed by atoms with Crippen LogP contribution in [0, 0.1) is 0 Å². The van der Waals surface area contributed by atoms with Crippen LogP contribution in [-0.2, 0) is 6.42 Å². The van der Waals surface area contributed by atoms with Crippen LogP contribution in [0.3, 0.4) is 0 Å². The van der Waals surface area contributed by atoms with Gasteiger partial charge >= 0.3 is 0 Å². The third-order valence-corrected chi connectivity index (χ3v) is 2.45. The van der Waals surface area contributed by atoms with Gasteiger partial charge in [-0.25, -0.2) is 0 Å². The first-order valence-corrected chi connectivity index (χ1v) is 5.31. The van der Waals surface area contributed by atoms with Gasteiger partial charge in [-0.1, -0.05) is 0 Å². The van der Waals surface area contributed by atoms with Gasteiger partial charge in [-0.3, -0.25) is 4.98 Å². The molecule has 5 nitrogen and oxygen atoms in total. The van der Waals surface area contributed by atoms with E-state index in [4.69, 9.17) is 10.5 Å². The Labute approximate surface area is 99.7 Å². The Morgan fingerprint density at radius 2 is 1.94 bits per heavy atom. The van der Waals surface area contributed by atoms with E-state index in [1.54, 1.807) is 25.6 Å². The van der Waals surface area contributed by atoms with Crippen molar-refractivity contribution >= 4 is 0 Å². The first kappa shape index (κ1) is 11.5. The zero-order valence-corrected chi connectivity index (χ0v) is 9.58. The fourth-order valence-electron chi connectivity index (χ4n) is 1.51. The monoisotopic (exact) mass is 230 g/mol. The summed E-state index contributed by atoms with van der Waals surface area (Å²) < 4.78 is 4.94. The number of ether oxygens (including phenoxy) is 1. The molecule has 1 atom stereocenters. The molecule has 0 aliphatic heterocycles. The van der Waals surface area contributed by atoms with E-state index in [-0.39, 0.29) is 6.04 Å². The second kappa shape index (κ2) is 5.36.